The van der Waals surface area contributed by atoms with E-state index in [9.17, 15) is 14.4 Å². The molecule has 4 amide bonds. The van der Waals surface area contributed by atoms with Gasteiger partial charge in [-0.25, -0.2) is 4.79 Å². The van der Waals surface area contributed by atoms with Crippen LogP contribution in [-0.4, -0.2) is 25.0 Å². The Balaban J connectivity index is 1.88. The first-order chi connectivity index (χ1) is 13.4. The van der Waals surface area contributed by atoms with E-state index in [1.165, 1.54) is 13.2 Å². The summed E-state index contributed by atoms with van der Waals surface area (Å²) in [6.07, 6.45) is 1.36. The number of ether oxygens (including phenoxy) is 2. The van der Waals surface area contributed by atoms with Crippen molar-refractivity contribution in [1.82, 2.24) is 10.6 Å². The summed E-state index contributed by atoms with van der Waals surface area (Å²) >= 11 is 6.91. The van der Waals surface area contributed by atoms with Gasteiger partial charge in [-0.05, 0) is 45.8 Å². The number of imide groups is 2. The average Bonchev–Trinajstić information content (AvgIpc) is 2.64. The fourth-order valence-corrected chi connectivity index (χ4v) is 3.48. The monoisotopic (exact) mass is 508 g/mol. The molecular weight excluding hydrogens is 496 g/mol. The van der Waals surface area contributed by atoms with E-state index in [0.717, 1.165) is 10.0 Å². The molecule has 1 fully saturated rings. The second-order valence-electron chi connectivity index (χ2n) is 5.71. The fraction of sp³-hybridized carbons (Fsp3) is 0.105. The number of carbonyl (C=O) groups excluding carboxylic acids is 3. The van der Waals surface area contributed by atoms with Gasteiger partial charge in [0.1, 0.15) is 12.2 Å². The first kappa shape index (κ1) is 20.1. The molecule has 0 aliphatic carbocycles. The van der Waals surface area contributed by atoms with E-state index in [0.29, 0.717) is 28.1 Å². The minimum Gasteiger partial charge on any atom is -0.493 e. The maximum Gasteiger partial charge on any atom is 0.328 e. The molecule has 2 aromatic rings. The van der Waals surface area contributed by atoms with Crippen LogP contribution in [0.4, 0.5) is 4.79 Å². The zero-order valence-electron chi connectivity index (χ0n) is 14.5. The topological polar surface area (TPSA) is 93.7 Å². The first-order valence-corrected chi connectivity index (χ1v) is 9.59. The van der Waals surface area contributed by atoms with Crippen LogP contribution in [0.25, 0.3) is 6.08 Å². The van der Waals surface area contributed by atoms with E-state index in [4.69, 9.17) is 9.47 Å². The van der Waals surface area contributed by atoms with Gasteiger partial charge < -0.3 is 9.47 Å². The van der Waals surface area contributed by atoms with Crippen LogP contribution in [0, 0.1) is 0 Å². The molecule has 1 saturated heterocycles. The summed E-state index contributed by atoms with van der Waals surface area (Å²) in [7, 11) is 1.49. The third-order valence-corrected chi connectivity index (χ3v) is 5.20. The average molecular weight is 510 g/mol. The van der Waals surface area contributed by atoms with Crippen LogP contribution in [-0.2, 0) is 16.2 Å². The number of carbonyl (C=O) groups is 3. The number of methoxy groups -OCH3 is 1. The minimum atomic E-state index is -0.846. The van der Waals surface area contributed by atoms with Crippen LogP contribution < -0.4 is 20.1 Å². The molecule has 144 valence electrons. The number of benzene rings is 2. The lowest BCUT2D eigenvalue weighted by Gasteiger charge is -2.16. The predicted molar refractivity (Wildman–Crippen MR) is 109 cm³/mol. The predicted octanol–water partition coefficient (Wildman–Crippen LogP) is 3.55. The summed E-state index contributed by atoms with van der Waals surface area (Å²) in [5, 5.41) is 4.06. The highest BCUT2D eigenvalue weighted by Gasteiger charge is 2.27. The molecule has 9 heteroatoms. The molecule has 1 aliphatic heterocycles. The summed E-state index contributed by atoms with van der Waals surface area (Å²) in [6.45, 7) is 0.309. The number of hydrogen-bond donors (Lipinski definition) is 2. The number of barbiturate groups is 1. The van der Waals surface area contributed by atoms with E-state index in [2.05, 4.69) is 31.9 Å². The standard InChI is InChI=1S/C19H14Br2N2O5/c1-27-15-8-10(6-12-17(24)22-19(26)23-18(12)25)7-14(21)16(15)28-9-11-4-2-3-5-13(11)20/h2-8H,9H2,1H3,(H2,22,23,24,25,26). The molecule has 0 bridgehead atoms. The number of urea groups is 1. The number of hydrogen-bond acceptors (Lipinski definition) is 5. The van der Waals surface area contributed by atoms with Crippen LogP contribution in [0.1, 0.15) is 11.1 Å². The highest BCUT2D eigenvalue weighted by Crippen LogP contribution is 2.38. The van der Waals surface area contributed by atoms with Crippen LogP contribution in [0.2, 0.25) is 0 Å². The number of amides is 4. The maximum absolute atomic E-state index is 11.9. The second kappa shape index (κ2) is 8.57. The minimum absolute atomic E-state index is 0.185. The summed E-state index contributed by atoms with van der Waals surface area (Å²) in [4.78, 5) is 34.9. The zero-order chi connectivity index (χ0) is 20.3. The Morgan fingerprint density at radius 3 is 2.32 bits per heavy atom. The Morgan fingerprint density at radius 1 is 1.00 bits per heavy atom. The van der Waals surface area contributed by atoms with Crippen molar-refractivity contribution in [2.24, 2.45) is 0 Å². The Kier molecular flexibility index (Phi) is 6.15. The smallest absolute Gasteiger partial charge is 0.328 e. The summed E-state index contributed by atoms with van der Waals surface area (Å²) < 4.78 is 12.8. The van der Waals surface area contributed by atoms with Gasteiger partial charge in [0.25, 0.3) is 11.8 Å². The molecule has 0 radical (unpaired) electrons. The molecule has 3 rings (SSSR count). The van der Waals surface area contributed by atoms with Crippen LogP contribution in [0.5, 0.6) is 11.5 Å². The normalized spacial score (nSPS) is 13.7. The van der Waals surface area contributed by atoms with Crippen molar-refractivity contribution in [1.29, 1.82) is 0 Å². The number of halogens is 2. The largest absolute Gasteiger partial charge is 0.493 e. The van der Waals surface area contributed by atoms with E-state index >= 15 is 0 Å². The SMILES string of the molecule is COc1cc(C=C2C(=O)NC(=O)NC2=O)cc(Br)c1OCc1ccccc1Br. The highest BCUT2D eigenvalue weighted by atomic mass is 79.9. The van der Waals surface area contributed by atoms with E-state index in [1.807, 2.05) is 34.9 Å². The molecule has 1 heterocycles. The Hall–Kier alpha value is -2.65. The molecule has 2 N–H and O–H groups in total. The molecule has 0 spiro atoms. The molecule has 0 atom stereocenters. The number of nitrogens with one attached hydrogen (secondary N) is 2. The summed E-state index contributed by atoms with van der Waals surface area (Å²) in [5.74, 6) is -0.634. The molecule has 7 nitrogen and oxygen atoms in total. The van der Waals surface area contributed by atoms with Gasteiger partial charge in [0, 0.05) is 10.0 Å². The Bertz CT molecular complexity index is 982. The van der Waals surface area contributed by atoms with Gasteiger partial charge >= 0.3 is 6.03 Å². The van der Waals surface area contributed by atoms with E-state index in [1.54, 1.807) is 12.1 Å². The quantitative estimate of drug-likeness (QED) is 0.475. The lowest BCUT2D eigenvalue weighted by molar-refractivity contribution is -0.123. The van der Waals surface area contributed by atoms with Gasteiger partial charge in [0.05, 0.1) is 11.6 Å². The molecule has 2 aromatic carbocycles. The van der Waals surface area contributed by atoms with Crippen molar-refractivity contribution >= 4 is 55.8 Å². The molecule has 28 heavy (non-hydrogen) atoms. The van der Waals surface area contributed by atoms with Gasteiger partial charge in [-0.3, -0.25) is 20.2 Å². The van der Waals surface area contributed by atoms with Gasteiger partial charge in [-0.2, -0.15) is 0 Å². The van der Waals surface area contributed by atoms with E-state index < -0.39 is 17.8 Å². The van der Waals surface area contributed by atoms with Crippen molar-refractivity contribution < 1.29 is 23.9 Å². The van der Waals surface area contributed by atoms with Crippen LogP contribution >= 0.6 is 31.9 Å². The molecule has 1 aliphatic rings. The van der Waals surface area contributed by atoms with E-state index in [-0.39, 0.29) is 5.57 Å². The maximum atomic E-state index is 11.9. The molecule has 0 saturated carbocycles. The van der Waals surface area contributed by atoms with Crippen LogP contribution in [0.15, 0.2) is 50.9 Å². The molecule has 0 aromatic heterocycles. The van der Waals surface area contributed by atoms with Crippen molar-refractivity contribution in [3.05, 3.63) is 62.0 Å². The van der Waals surface area contributed by atoms with Gasteiger partial charge in [0.15, 0.2) is 11.5 Å². The van der Waals surface area contributed by atoms with Gasteiger partial charge in [-0.1, -0.05) is 34.1 Å². The van der Waals surface area contributed by atoms with Crippen LogP contribution in [0.3, 0.4) is 0 Å². The molecular formula is C19H14Br2N2O5. The zero-order valence-corrected chi connectivity index (χ0v) is 17.7. The summed E-state index contributed by atoms with van der Waals surface area (Å²) in [6, 6.07) is 10.2. The van der Waals surface area contributed by atoms with Gasteiger partial charge in [0.2, 0.25) is 0 Å². The third kappa shape index (κ3) is 4.42. The van der Waals surface area contributed by atoms with Crippen molar-refractivity contribution in [2.45, 2.75) is 6.61 Å². The third-order valence-electron chi connectivity index (χ3n) is 3.84. The lowest BCUT2D eigenvalue weighted by atomic mass is 10.1. The second-order valence-corrected chi connectivity index (χ2v) is 7.42. The molecule has 0 unspecified atom stereocenters. The van der Waals surface area contributed by atoms with Crippen molar-refractivity contribution in [3.63, 3.8) is 0 Å². The first-order valence-electron chi connectivity index (χ1n) is 8.01. The Morgan fingerprint density at radius 2 is 1.68 bits per heavy atom. The fourth-order valence-electron chi connectivity index (χ4n) is 2.50. The van der Waals surface area contributed by atoms with Gasteiger partial charge in [-0.15, -0.1) is 0 Å². The van der Waals surface area contributed by atoms with Crippen molar-refractivity contribution in [3.8, 4) is 11.5 Å². The summed E-state index contributed by atoms with van der Waals surface area (Å²) in [5.41, 5.74) is 1.30. The van der Waals surface area contributed by atoms with Crippen molar-refractivity contribution in [2.75, 3.05) is 7.11 Å². The number of rotatable bonds is 5. The highest BCUT2D eigenvalue weighted by molar-refractivity contribution is 9.10. The lowest BCUT2D eigenvalue weighted by Crippen LogP contribution is -2.51. The Labute approximate surface area is 177 Å².